The second kappa shape index (κ2) is 9.68. The first-order chi connectivity index (χ1) is 12.2. The molecule has 0 saturated heterocycles. The number of benzene rings is 1. The summed E-state index contributed by atoms with van der Waals surface area (Å²) in [4.78, 5) is 25.4. The molecule has 0 spiro atoms. The van der Waals surface area contributed by atoms with Crippen LogP contribution < -0.4 is 4.72 Å². The third-order valence-corrected chi connectivity index (χ3v) is 5.86. The normalized spacial score (nSPS) is 13.8. The van der Waals surface area contributed by atoms with Crippen LogP contribution in [-0.2, 0) is 14.8 Å². The molecule has 0 aliphatic carbocycles. The Kier molecular flexibility index (Phi) is 8.23. The molecule has 146 valence electrons. The van der Waals surface area contributed by atoms with Gasteiger partial charge in [-0.3, -0.25) is 9.59 Å². The summed E-state index contributed by atoms with van der Waals surface area (Å²) in [7, 11) is -2.55. The number of carbonyl (C=O) groups excluding carboxylic acids is 1. The van der Waals surface area contributed by atoms with E-state index in [1.54, 1.807) is 27.0 Å². The van der Waals surface area contributed by atoms with Gasteiger partial charge >= 0.3 is 5.97 Å². The molecule has 7 nitrogen and oxygen atoms in total. The molecule has 0 bridgehead atoms. The van der Waals surface area contributed by atoms with Crippen LogP contribution in [0.5, 0.6) is 0 Å². The van der Waals surface area contributed by atoms with Crippen molar-refractivity contribution in [3.05, 3.63) is 29.8 Å². The highest BCUT2D eigenvalue weighted by Crippen LogP contribution is 2.19. The zero-order valence-electron chi connectivity index (χ0n) is 15.7. The molecule has 0 unspecified atom stereocenters. The average molecular weight is 384 g/mol. The Morgan fingerprint density at radius 3 is 2.38 bits per heavy atom. The topological polar surface area (TPSA) is 104 Å². The predicted octanol–water partition coefficient (Wildman–Crippen LogP) is 2.34. The van der Waals surface area contributed by atoms with Crippen molar-refractivity contribution in [2.45, 2.75) is 51.0 Å². The second-order valence-electron chi connectivity index (χ2n) is 6.40. The van der Waals surface area contributed by atoms with E-state index in [0.717, 1.165) is 12.8 Å². The summed E-state index contributed by atoms with van der Waals surface area (Å²) in [6, 6.07) is 4.60. The molecule has 26 heavy (non-hydrogen) atoms. The van der Waals surface area contributed by atoms with Crippen molar-refractivity contribution in [1.29, 1.82) is 0 Å². The van der Waals surface area contributed by atoms with E-state index >= 15 is 0 Å². The largest absolute Gasteiger partial charge is 0.480 e. The van der Waals surface area contributed by atoms with Crippen LogP contribution >= 0.6 is 0 Å². The molecule has 0 radical (unpaired) electrons. The fourth-order valence-corrected chi connectivity index (χ4v) is 3.95. The maximum absolute atomic E-state index is 12.8. The van der Waals surface area contributed by atoms with Crippen LogP contribution in [0.4, 0.5) is 0 Å². The zero-order chi connectivity index (χ0) is 19.9. The number of aliphatic carboxylic acids is 1. The lowest BCUT2D eigenvalue weighted by molar-refractivity contribution is -0.140. The number of hydrogen-bond acceptors (Lipinski definition) is 4. The molecular weight excluding hydrogens is 356 g/mol. The summed E-state index contributed by atoms with van der Waals surface area (Å²) in [5.74, 6) is -2.04. The highest BCUT2D eigenvalue weighted by atomic mass is 32.2. The smallest absolute Gasteiger partial charge is 0.322 e. The van der Waals surface area contributed by atoms with Crippen LogP contribution in [0.25, 0.3) is 0 Å². The quantitative estimate of drug-likeness (QED) is 0.644. The van der Waals surface area contributed by atoms with Crippen molar-refractivity contribution in [2.75, 3.05) is 13.6 Å². The number of nitrogens with one attached hydrogen (secondary N) is 1. The van der Waals surface area contributed by atoms with E-state index in [-0.39, 0.29) is 10.5 Å². The number of rotatable bonds is 10. The summed E-state index contributed by atoms with van der Waals surface area (Å²) in [5, 5.41) is 9.35. The third-order valence-electron chi connectivity index (χ3n) is 4.36. The molecule has 0 heterocycles. The van der Waals surface area contributed by atoms with Gasteiger partial charge in [0.15, 0.2) is 0 Å². The molecule has 1 amide bonds. The van der Waals surface area contributed by atoms with E-state index in [0.29, 0.717) is 13.0 Å². The first kappa shape index (κ1) is 22.1. The highest BCUT2D eigenvalue weighted by Gasteiger charge is 2.31. The Balaban J connectivity index is 3.22. The number of carbonyl (C=O) groups is 2. The summed E-state index contributed by atoms with van der Waals surface area (Å²) in [6.07, 6.45) is 2.22. The molecule has 0 aliphatic rings. The van der Waals surface area contributed by atoms with Gasteiger partial charge in [0.2, 0.25) is 10.0 Å². The number of unbranched alkanes of at least 4 members (excludes halogenated alkanes) is 1. The lowest BCUT2D eigenvalue weighted by atomic mass is 10.0. The van der Waals surface area contributed by atoms with Gasteiger partial charge in [0.05, 0.1) is 10.5 Å². The Hall–Kier alpha value is -1.93. The van der Waals surface area contributed by atoms with Gasteiger partial charge in [0, 0.05) is 13.6 Å². The van der Waals surface area contributed by atoms with Gasteiger partial charge in [-0.05, 0) is 24.5 Å². The van der Waals surface area contributed by atoms with Crippen LogP contribution in [0, 0.1) is 5.92 Å². The predicted molar refractivity (Wildman–Crippen MR) is 99.5 cm³/mol. The molecule has 0 saturated carbocycles. The van der Waals surface area contributed by atoms with E-state index in [2.05, 4.69) is 4.72 Å². The van der Waals surface area contributed by atoms with Gasteiger partial charge in [-0.25, -0.2) is 8.42 Å². The first-order valence-electron chi connectivity index (χ1n) is 8.75. The Bertz CT molecular complexity index is 733. The van der Waals surface area contributed by atoms with E-state index in [1.165, 1.54) is 23.1 Å². The summed E-state index contributed by atoms with van der Waals surface area (Å²) >= 11 is 0. The monoisotopic (exact) mass is 384 g/mol. The fraction of sp³-hybridized carbons (Fsp3) is 0.556. The van der Waals surface area contributed by atoms with E-state index in [9.17, 15) is 23.1 Å². The Labute approximate surface area is 155 Å². The van der Waals surface area contributed by atoms with Crippen molar-refractivity contribution < 1.29 is 23.1 Å². The molecule has 1 aromatic rings. The molecule has 1 aromatic carbocycles. The van der Waals surface area contributed by atoms with Gasteiger partial charge in [-0.1, -0.05) is 45.7 Å². The molecule has 0 aromatic heterocycles. The number of hydrogen-bond donors (Lipinski definition) is 2. The summed E-state index contributed by atoms with van der Waals surface area (Å²) in [6.45, 7) is 5.97. The summed E-state index contributed by atoms with van der Waals surface area (Å²) in [5.41, 5.74) is 0.0342. The van der Waals surface area contributed by atoms with Crippen LogP contribution in [0.2, 0.25) is 0 Å². The number of carboxylic acids is 1. The standard InChI is InChI=1S/C18H28N2O5S/c1-5-7-12-20(4)17(21)14-10-8-9-11-15(14)26(24,25)19-16(18(22)23)13(3)6-2/h8-11,13,16,19H,5-7,12H2,1-4H3,(H,22,23)/t13-,16-/m0/s1. The minimum Gasteiger partial charge on any atom is -0.480 e. The van der Waals surface area contributed by atoms with Crippen LogP contribution in [-0.4, -0.2) is 49.9 Å². The van der Waals surface area contributed by atoms with Crippen molar-refractivity contribution >= 4 is 21.9 Å². The molecule has 8 heteroatoms. The van der Waals surface area contributed by atoms with E-state index in [4.69, 9.17) is 0 Å². The molecule has 1 rings (SSSR count). The van der Waals surface area contributed by atoms with Gasteiger partial charge < -0.3 is 10.0 Å². The highest BCUT2D eigenvalue weighted by molar-refractivity contribution is 7.89. The van der Waals surface area contributed by atoms with Crippen LogP contribution in [0.3, 0.4) is 0 Å². The van der Waals surface area contributed by atoms with Crippen molar-refractivity contribution in [1.82, 2.24) is 9.62 Å². The summed E-state index contributed by atoms with van der Waals surface area (Å²) < 4.78 is 27.8. The molecule has 0 fully saturated rings. The molecule has 2 N–H and O–H groups in total. The molecule has 0 aliphatic heterocycles. The fourth-order valence-electron chi connectivity index (χ4n) is 2.46. The maximum atomic E-state index is 12.8. The number of carboxylic acid groups (broad SMARTS) is 1. The Morgan fingerprint density at radius 2 is 1.85 bits per heavy atom. The lowest BCUT2D eigenvalue weighted by Gasteiger charge is -2.22. The van der Waals surface area contributed by atoms with E-state index in [1.807, 2.05) is 6.92 Å². The minimum absolute atomic E-state index is 0.0342. The number of sulfonamides is 1. The van der Waals surface area contributed by atoms with Crippen LogP contribution in [0.1, 0.15) is 50.4 Å². The minimum atomic E-state index is -4.17. The average Bonchev–Trinajstić information content (AvgIpc) is 2.62. The van der Waals surface area contributed by atoms with Gasteiger partial charge in [-0.2, -0.15) is 4.72 Å². The lowest BCUT2D eigenvalue weighted by Crippen LogP contribution is -2.45. The van der Waals surface area contributed by atoms with Crippen molar-refractivity contribution in [3.63, 3.8) is 0 Å². The van der Waals surface area contributed by atoms with Crippen molar-refractivity contribution in [2.24, 2.45) is 5.92 Å². The zero-order valence-corrected chi connectivity index (χ0v) is 16.5. The molecule has 2 atom stereocenters. The molecular formula is C18H28N2O5S. The number of nitrogens with zero attached hydrogens (tertiary/aromatic N) is 1. The van der Waals surface area contributed by atoms with Gasteiger partial charge in [0.1, 0.15) is 6.04 Å². The van der Waals surface area contributed by atoms with Gasteiger partial charge in [-0.15, -0.1) is 0 Å². The Morgan fingerprint density at radius 1 is 1.23 bits per heavy atom. The van der Waals surface area contributed by atoms with E-state index < -0.39 is 33.9 Å². The van der Waals surface area contributed by atoms with Crippen LogP contribution in [0.15, 0.2) is 29.2 Å². The SMILES string of the molecule is CCCCN(C)C(=O)c1ccccc1S(=O)(=O)N[C@H](C(=O)O)[C@@H](C)CC. The van der Waals surface area contributed by atoms with Crippen molar-refractivity contribution in [3.8, 4) is 0 Å². The number of amides is 1. The maximum Gasteiger partial charge on any atom is 0.322 e. The first-order valence-corrected chi connectivity index (χ1v) is 10.2. The third kappa shape index (κ3) is 5.54. The second-order valence-corrected chi connectivity index (χ2v) is 8.08. The van der Waals surface area contributed by atoms with Gasteiger partial charge in [0.25, 0.3) is 5.91 Å².